The monoisotopic (exact) mass is 243 g/mol. The minimum atomic E-state index is -1.26. The number of aliphatic carboxylic acids is 1. The Kier molecular flexibility index (Phi) is 4.89. The van der Waals surface area contributed by atoms with Crippen LogP contribution in [0.15, 0.2) is 0 Å². The van der Waals surface area contributed by atoms with Crippen molar-refractivity contribution in [1.82, 2.24) is 10.6 Å². The molecule has 17 heavy (non-hydrogen) atoms. The number of carbonyl (C=O) groups is 3. The second-order valence-corrected chi connectivity index (χ2v) is 4.07. The van der Waals surface area contributed by atoms with E-state index in [1.165, 1.54) is 0 Å². The van der Waals surface area contributed by atoms with E-state index < -0.39 is 30.2 Å². The van der Waals surface area contributed by atoms with E-state index in [0.29, 0.717) is 6.42 Å². The summed E-state index contributed by atoms with van der Waals surface area (Å²) in [5.41, 5.74) is 4.92. The molecule has 0 bridgehead atoms. The number of carbonyl (C=O) groups excluding carboxylic acids is 2. The smallest absolute Gasteiger partial charge is 0.326 e. The molecule has 0 aromatic rings. The summed E-state index contributed by atoms with van der Waals surface area (Å²) in [6.45, 7) is 0.742. The first-order chi connectivity index (χ1) is 8.00. The van der Waals surface area contributed by atoms with Gasteiger partial charge in [-0.2, -0.15) is 0 Å². The van der Waals surface area contributed by atoms with Crippen molar-refractivity contribution in [3.63, 3.8) is 0 Å². The number of hydrogen-bond donors (Lipinski definition) is 4. The van der Waals surface area contributed by atoms with Gasteiger partial charge in [-0.1, -0.05) is 6.42 Å². The van der Waals surface area contributed by atoms with E-state index >= 15 is 0 Å². The zero-order valence-corrected chi connectivity index (χ0v) is 9.44. The van der Waals surface area contributed by atoms with Crippen molar-refractivity contribution in [3.8, 4) is 0 Å². The fourth-order valence-electron chi connectivity index (χ4n) is 1.75. The highest BCUT2D eigenvalue weighted by Gasteiger charge is 2.27. The molecule has 2 amide bonds. The molecule has 2 atom stereocenters. The van der Waals surface area contributed by atoms with Crippen molar-refractivity contribution in [2.75, 3.05) is 6.54 Å². The fraction of sp³-hybridized carbons (Fsp3) is 0.700. The second-order valence-electron chi connectivity index (χ2n) is 4.07. The maximum Gasteiger partial charge on any atom is 0.326 e. The highest BCUT2D eigenvalue weighted by molar-refractivity contribution is 5.90. The van der Waals surface area contributed by atoms with Gasteiger partial charge < -0.3 is 21.5 Å². The van der Waals surface area contributed by atoms with Crippen molar-refractivity contribution in [2.24, 2.45) is 5.73 Å². The number of primary amides is 1. The van der Waals surface area contributed by atoms with E-state index in [0.717, 1.165) is 19.4 Å². The van der Waals surface area contributed by atoms with Crippen LogP contribution in [0.2, 0.25) is 0 Å². The van der Waals surface area contributed by atoms with Crippen LogP contribution >= 0.6 is 0 Å². The summed E-state index contributed by atoms with van der Waals surface area (Å²) in [6.07, 6.45) is 2.22. The number of nitrogens with one attached hydrogen (secondary N) is 2. The first-order valence-corrected chi connectivity index (χ1v) is 5.55. The molecule has 5 N–H and O–H groups in total. The summed E-state index contributed by atoms with van der Waals surface area (Å²) >= 11 is 0. The SMILES string of the molecule is NC(=O)C[C@H](NC(=O)[C@@H]1CCCCN1)C(=O)O. The zero-order chi connectivity index (χ0) is 12.8. The Morgan fingerprint density at radius 1 is 1.41 bits per heavy atom. The van der Waals surface area contributed by atoms with Crippen LogP contribution in [0, 0.1) is 0 Å². The fourth-order valence-corrected chi connectivity index (χ4v) is 1.75. The maximum absolute atomic E-state index is 11.7. The van der Waals surface area contributed by atoms with Crippen molar-refractivity contribution >= 4 is 17.8 Å². The largest absolute Gasteiger partial charge is 0.480 e. The van der Waals surface area contributed by atoms with E-state index in [1.807, 2.05) is 0 Å². The molecule has 1 rings (SSSR count). The number of rotatable bonds is 5. The highest BCUT2D eigenvalue weighted by Crippen LogP contribution is 2.07. The van der Waals surface area contributed by atoms with Crippen LogP contribution in [-0.2, 0) is 14.4 Å². The summed E-state index contributed by atoms with van der Waals surface area (Å²) in [6, 6.07) is -1.62. The van der Waals surface area contributed by atoms with Crippen molar-refractivity contribution in [2.45, 2.75) is 37.8 Å². The summed E-state index contributed by atoms with van der Waals surface area (Å²) in [4.78, 5) is 33.2. The van der Waals surface area contributed by atoms with Gasteiger partial charge in [0.2, 0.25) is 11.8 Å². The lowest BCUT2D eigenvalue weighted by Gasteiger charge is -2.24. The molecule has 0 saturated carbocycles. The molecule has 1 saturated heterocycles. The minimum absolute atomic E-state index is 0.376. The van der Waals surface area contributed by atoms with Crippen LogP contribution in [0.25, 0.3) is 0 Å². The molecule has 0 aromatic carbocycles. The van der Waals surface area contributed by atoms with E-state index in [1.54, 1.807) is 0 Å². The highest BCUT2D eigenvalue weighted by atomic mass is 16.4. The number of nitrogens with two attached hydrogens (primary N) is 1. The van der Waals surface area contributed by atoms with Gasteiger partial charge in [-0.25, -0.2) is 4.79 Å². The molecular formula is C10H17N3O4. The van der Waals surface area contributed by atoms with Crippen molar-refractivity contribution < 1.29 is 19.5 Å². The molecule has 1 aliphatic heterocycles. The van der Waals surface area contributed by atoms with Crippen LogP contribution in [0.1, 0.15) is 25.7 Å². The number of amides is 2. The predicted molar refractivity (Wildman–Crippen MR) is 59.0 cm³/mol. The number of carboxylic acid groups (broad SMARTS) is 1. The molecule has 0 unspecified atom stereocenters. The van der Waals surface area contributed by atoms with E-state index in [9.17, 15) is 14.4 Å². The quantitative estimate of drug-likeness (QED) is 0.472. The van der Waals surface area contributed by atoms with Gasteiger partial charge in [0.15, 0.2) is 0 Å². The Balaban J connectivity index is 2.50. The molecule has 1 heterocycles. The molecule has 0 aromatic heterocycles. The third kappa shape index (κ3) is 4.39. The summed E-state index contributed by atoms with van der Waals surface area (Å²) in [7, 11) is 0. The average Bonchev–Trinajstić information content (AvgIpc) is 2.28. The molecule has 96 valence electrons. The minimum Gasteiger partial charge on any atom is -0.480 e. The Morgan fingerprint density at radius 3 is 2.59 bits per heavy atom. The molecule has 0 aliphatic carbocycles. The lowest BCUT2D eigenvalue weighted by atomic mass is 10.0. The molecule has 0 radical (unpaired) electrons. The van der Waals surface area contributed by atoms with Crippen LogP contribution in [0.3, 0.4) is 0 Å². The Labute approximate surface area is 98.7 Å². The molecule has 7 nitrogen and oxygen atoms in total. The Bertz CT molecular complexity index is 313. The zero-order valence-electron chi connectivity index (χ0n) is 9.44. The number of carboxylic acids is 1. The molecule has 7 heteroatoms. The third-order valence-corrected chi connectivity index (χ3v) is 2.65. The normalized spacial score (nSPS) is 21.5. The molecule has 1 aliphatic rings. The summed E-state index contributed by atoms with van der Waals surface area (Å²) in [5.74, 6) is -2.40. The van der Waals surface area contributed by atoms with E-state index in [2.05, 4.69) is 10.6 Å². The first-order valence-electron chi connectivity index (χ1n) is 5.55. The summed E-state index contributed by atoms with van der Waals surface area (Å²) in [5, 5.41) is 14.1. The maximum atomic E-state index is 11.7. The number of hydrogen-bond acceptors (Lipinski definition) is 4. The lowest BCUT2D eigenvalue weighted by molar-refractivity contribution is -0.143. The summed E-state index contributed by atoms with van der Waals surface area (Å²) < 4.78 is 0. The van der Waals surface area contributed by atoms with Gasteiger partial charge >= 0.3 is 5.97 Å². The Morgan fingerprint density at radius 2 is 2.12 bits per heavy atom. The predicted octanol–water partition coefficient (Wildman–Crippen LogP) is -1.43. The lowest BCUT2D eigenvalue weighted by Crippen LogP contribution is -2.52. The van der Waals surface area contributed by atoms with Gasteiger partial charge in [-0.05, 0) is 19.4 Å². The third-order valence-electron chi connectivity index (χ3n) is 2.65. The Hall–Kier alpha value is -1.63. The van der Waals surface area contributed by atoms with Gasteiger partial charge in [0.05, 0.1) is 12.5 Å². The second kappa shape index (κ2) is 6.19. The molecule has 0 spiro atoms. The average molecular weight is 243 g/mol. The van der Waals surface area contributed by atoms with E-state index in [4.69, 9.17) is 10.8 Å². The van der Waals surface area contributed by atoms with E-state index in [-0.39, 0.29) is 6.04 Å². The molecular weight excluding hydrogens is 226 g/mol. The van der Waals surface area contributed by atoms with Gasteiger partial charge in [0.25, 0.3) is 0 Å². The first kappa shape index (κ1) is 13.4. The van der Waals surface area contributed by atoms with Gasteiger partial charge in [0.1, 0.15) is 6.04 Å². The molecule has 1 fully saturated rings. The van der Waals surface area contributed by atoms with Crippen LogP contribution < -0.4 is 16.4 Å². The van der Waals surface area contributed by atoms with Crippen LogP contribution in [0.4, 0.5) is 0 Å². The van der Waals surface area contributed by atoms with Gasteiger partial charge in [-0.15, -0.1) is 0 Å². The van der Waals surface area contributed by atoms with Crippen molar-refractivity contribution in [3.05, 3.63) is 0 Å². The van der Waals surface area contributed by atoms with Crippen LogP contribution in [0.5, 0.6) is 0 Å². The number of piperidine rings is 1. The van der Waals surface area contributed by atoms with Gasteiger partial charge in [0, 0.05) is 0 Å². The van der Waals surface area contributed by atoms with Crippen molar-refractivity contribution in [1.29, 1.82) is 0 Å². The topological polar surface area (TPSA) is 122 Å². The van der Waals surface area contributed by atoms with Gasteiger partial charge in [-0.3, -0.25) is 9.59 Å². The van der Waals surface area contributed by atoms with Crippen LogP contribution in [-0.4, -0.2) is 41.5 Å². The standard InChI is InChI=1S/C10H17N3O4/c11-8(14)5-7(10(16)17)13-9(15)6-3-1-2-4-12-6/h6-7,12H,1-5H2,(H2,11,14)(H,13,15)(H,16,17)/t6-,7-/m0/s1.